The topological polar surface area (TPSA) is 26.3 Å². The van der Waals surface area contributed by atoms with Crippen molar-refractivity contribution in [3.8, 4) is 0 Å². The Hall–Kier alpha value is -1.05. The van der Waals surface area contributed by atoms with Gasteiger partial charge >= 0.3 is 5.97 Å². The molecule has 0 radical (unpaired) electrons. The number of esters is 1. The van der Waals surface area contributed by atoms with Gasteiger partial charge in [0.15, 0.2) is 0 Å². The normalized spacial score (nSPS) is 13.4. The van der Waals surface area contributed by atoms with Crippen LogP contribution in [0.1, 0.15) is 52.9 Å². The van der Waals surface area contributed by atoms with E-state index in [0.717, 1.165) is 0 Å². The fraction of sp³-hybridized carbons (Fsp3) is 0.667. The molecule has 0 saturated carbocycles. The smallest absolute Gasteiger partial charge is 0.330 e. The maximum absolute atomic E-state index is 11.0. The Kier molecular flexibility index (Phi) is 10.7. The van der Waals surface area contributed by atoms with Gasteiger partial charge < -0.3 is 4.74 Å². The molecule has 0 amide bonds. The molecule has 17 heavy (non-hydrogen) atoms. The maximum Gasteiger partial charge on any atom is 0.330 e. The molecule has 1 atom stereocenters. The zero-order valence-corrected chi connectivity index (χ0v) is 11.4. The molecule has 0 heterocycles. The lowest BCUT2D eigenvalue weighted by atomic mass is 10.0. The highest BCUT2D eigenvalue weighted by molar-refractivity contribution is 5.82. The number of hydrogen-bond acceptors (Lipinski definition) is 2. The lowest BCUT2D eigenvalue weighted by Crippen LogP contribution is -1.98. The van der Waals surface area contributed by atoms with Crippen LogP contribution in [0.2, 0.25) is 0 Å². The largest absolute Gasteiger partial charge is 0.463 e. The van der Waals surface area contributed by atoms with E-state index in [4.69, 9.17) is 4.74 Å². The van der Waals surface area contributed by atoms with E-state index >= 15 is 0 Å². The summed E-state index contributed by atoms with van der Waals surface area (Å²) < 4.78 is 4.78. The summed E-state index contributed by atoms with van der Waals surface area (Å²) in [4.78, 5) is 11.0. The van der Waals surface area contributed by atoms with E-state index in [1.54, 1.807) is 13.0 Å². The fourth-order valence-corrected chi connectivity index (χ4v) is 1.57. The van der Waals surface area contributed by atoms with Gasteiger partial charge in [-0.05, 0) is 19.3 Å². The van der Waals surface area contributed by atoms with Gasteiger partial charge in [0.05, 0.1) is 6.61 Å². The maximum atomic E-state index is 11.0. The highest BCUT2D eigenvalue weighted by atomic mass is 16.5. The van der Waals surface area contributed by atoms with Crippen molar-refractivity contribution in [2.24, 2.45) is 5.92 Å². The third-order valence-corrected chi connectivity index (χ3v) is 2.58. The molecule has 0 aromatic heterocycles. The molecular formula is C15H26O2. The van der Waals surface area contributed by atoms with Crippen LogP contribution in [0.4, 0.5) is 0 Å². The Morgan fingerprint density at radius 1 is 1.18 bits per heavy atom. The predicted octanol–water partition coefficient (Wildman–Crippen LogP) is 4.27. The van der Waals surface area contributed by atoms with Crippen molar-refractivity contribution in [3.05, 3.63) is 24.3 Å². The van der Waals surface area contributed by atoms with Gasteiger partial charge in [-0.25, -0.2) is 4.79 Å². The molecule has 0 aliphatic rings. The number of hydrogen-bond donors (Lipinski definition) is 0. The minimum atomic E-state index is -0.271. The number of carbonyl (C=O) groups excluding carboxylic acids is 1. The van der Waals surface area contributed by atoms with E-state index in [2.05, 4.69) is 19.9 Å². The first-order chi connectivity index (χ1) is 8.20. The van der Waals surface area contributed by atoms with Crippen LogP contribution in [0.25, 0.3) is 0 Å². The Bertz CT molecular complexity index is 241. The van der Waals surface area contributed by atoms with E-state index in [1.165, 1.54) is 38.2 Å². The molecule has 0 rings (SSSR count). The summed E-state index contributed by atoms with van der Waals surface area (Å²) in [6, 6.07) is 0. The quantitative estimate of drug-likeness (QED) is 0.259. The van der Waals surface area contributed by atoms with Gasteiger partial charge in [0.2, 0.25) is 0 Å². The molecule has 0 unspecified atom stereocenters. The number of unbranched alkanes of at least 4 members (excludes halogenated alkanes) is 3. The molecule has 2 nitrogen and oxygen atoms in total. The van der Waals surface area contributed by atoms with E-state index < -0.39 is 0 Å². The molecule has 0 saturated heterocycles. The second-order valence-corrected chi connectivity index (χ2v) is 4.32. The van der Waals surface area contributed by atoms with Crippen molar-refractivity contribution < 1.29 is 9.53 Å². The minimum absolute atomic E-state index is 0.271. The molecule has 98 valence electrons. The van der Waals surface area contributed by atoms with Gasteiger partial charge in [0.1, 0.15) is 0 Å². The van der Waals surface area contributed by atoms with Crippen LogP contribution in [-0.4, -0.2) is 12.6 Å². The Balaban J connectivity index is 3.65. The average molecular weight is 238 g/mol. The molecule has 0 fully saturated rings. The highest BCUT2D eigenvalue weighted by Crippen LogP contribution is 2.11. The third-order valence-electron chi connectivity index (χ3n) is 2.58. The van der Waals surface area contributed by atoms with Crippen LogP contribution in [0.15, 0.2) is 24.3 Å². The highest BCUT2D eigenvalue weighted by Gasteiger charge is 1.96. The van der Waals surface area contributed by atoms with Crippen molar-refractivity contribution in [2.75, 3.05) is 6.61 Å². The summed E-state index contributed by atoms with van der Waals surface area (Å²) in [6.07, 6.45) is 13.7. The summed E-state index contributed by atoms with van der Waals surface area (Å²) in [5.74, 6) is 0.312. The third kappa shape index (κ3) is 11.2. The zero-order chi connectivity index (χ0) is 12.9. The second kappa shape index (κ2) is 11.4. The van der Waals surface area contributed by atoms with Crippen molar-refractivity contribution in [3.63, 3.8) is 0 Å². The van der Waals surface area contributed by atoms with Crippen LogP contribution in [0, 0.1) is 5.92 Å². The lowest BCUT2D eigenvalue weighted by Gasteiger charge is -2.04. The van der Waals surface area contributed by atoms with Crippen molar-refractivity contribution >= 4 is 5.97 Å². The summed E-state index contributed by atoms with van der Waals surface area (Å²) in [7, 11) is 0. The van der Waals surface area contributed by atoms with Crippen molar-refractivity contribution in [2.45, 2.75) is 52.9 Å². The molecule has 0 aliphatic heterocycles. The number of carbonyl (C=O) groups is 1. The van der Waals surface area contributed by atoms with Crippen LogP contribution in [-0.2, 0) is 9.53 Å². The van der Waals surface area contributed by atoms with Crippen molar-refractivity contribution in [1.29, 1.82) is 0 Å². The van der Waals surface area contributed by atoms with E-state index in [0.29, 0.717) is 12.5 Å². The van der Waals surface area contributed by atoms with E-state index in [-0.39, 0.29) is 5.97 Å². The van der Waals surface area contributed by atoms with Gasteiger partial charge in [0.25, 0.3) is 0 Å². The number of rotatable bonds is 9. The molecular weight excluding hydrogens is 212 g/mol. The zero-order valence-electron chi connectivity index (χ0n) is 11.4. The monoisotopic (exact) mass is 238 g/mol. The minimum Gasteiger partial charge on any atom is -0.463 e. The van der Waals surface area contributed by atoms with Gasteiger partial charge in [-0.1, -0.05) is 57.8 Å². The Morgan fingerprint density at radius 3 is 2.59 bits per heavy atom. The standard InChI is InChI=1S/C15H26O2/c1-4-6-7-8-11-14(3)12-9-10-13-15(16)17-5-2/h9-10,12-14H,4-8,11H2,1-3H3/b12-9+,13-10+/t14-/m1/s1. The fourth-order valence-electron chi connectivity index (χ4n) is 1.57. The second-order valence-electron chi connectivity index (χ2n) is 4.32. The SMILES string of the molecule is CCCCCC[C@@H](C)/C=C/C=C/C(=O)OCC. The number of ether oxygens (including phenoxy) is 1. The van der Waals surface area contributed by atoms with E-state index in [9.17, 15) is 4.79 Å². The molecule has 0 N–H and O–H groups in total. The van der Waals surface area contributed by atoms with Crippen LogP contribution >= 0.6 is 0 Å². The lowest BCUT2D eigenvalue weighted by molar-refractivity contribution is -0.137. The Labute approximate surface area is 106 Å². The molecule has 0 aliphatic carbocycles. The first-order valence-corrected chi connectivity index (χ1v) is 6.72. The van der Waals surface area contributed by atoms with Gasteiger partial charge in [-0.2, -0.15) is 0 Å². The first-order valence-electron chi connectivity index (χ1n) is 6.72. The van der Waals surface area contributed by atoms with Gasteiger partial charge in [-0.3, -0.25) is 0 Å². The first kappa shape index (κ1) is 16.0. The van der Waals surface area contributed by atoms with Crippen LogP contribution < -0.4 is 0 Å². The molecule has 0 spiro atoms. The van der Waals surface area contributed by atoms with E-state index in [1.807, 2.05) is 6.08 Å². The van der Waals surface area contributed by atoms with Crippen molar-refractivity contribution in [1.82, 2.24) is 0 Å². The summed E-state index contributed by atoms with van der Waals surface area (Å²) in [5.41, 5.74) is 0. The van der Waals surface area contributed by atoms with Crippen LogP contribution in [0.5, 0.6) is 0 Å². The Morgan fingerprint density at radius 2 is 1.94 bits per heavy atom. The summed E-state index contributed by atoms with van der Waals surface area (Å²) >= 11 is 0. The average Bonchev–Trinajstić information content (AvgIpc) is 2.31. The summed E-state index contributed by atoms with van der Waals surface area (Å²) in [6.45, 7) is 6.67. The molecule has 0 bridgehead atoms. The van der Waals surface area contributed by atoms with Gasteiger partial charge in [-0.15, -0.1) is 0 Å². The molecule has 2 heteroatoms. The number of allylic oxidation sites excluding steroid dienone is 3. The predicted molar refractivity (Wildman–Crippen MR) is 72.8 cm³/mol. The summed E-state index contributed by atoms with van der Waals surface area (Å²) in [5, 5.41) is 0. The van der Waals surface area contributed by atoms with Gasteiger partial charge in [0, 0.05) is 6.08 Å². The van der Waals surface area contributed by atoms with Crippen LogP contribution in [0.3, 0.4) is 0 Å². The molecule has 0 aromatic carbocycles. The molecule has 0 aromatic rings.